The van der Waals surface area contributed by atoms with Gasteiger partial charge in [-0.25, -0.2) is 0 Å². The average molecular weight is 304 g/mol. The van der Waals surface area contributed by atoms with Crippen molar-refractivity contribution in [1.29, 1.82) is 0 Å². The van der Waals surface area contributed by atoms with Gasteiger partial charge in [0.25, 0.3) is 0 Å². The lowest BCUT2D eigenvalue weighted by Crippen LogP contribution is -2.38. The summed E-state index contributed by atoms with van der Waals surface area (Å²) in [5, 5.41) is 21.5. The van der Waals surface area contributed by atoms with Gasteiger partial charge in [-0.05, 0) is 17.5 Å². The van der Waals surface area contributed by atoms with E-state index >= 15 is 0 Å². The number of aromatic hydroxyl groups is 1. The number of hydrogen-bond donors (Lipinski definition) is 2. The maximum atomic E-state index is 12.2. The first kappa shape index (κ1) is 14.5. The van der Waals surface area contributed by atoms with Gasteiger partial charge in [0.15, 0.2) is 5.78 Å². The maximum Gasteiger partial charge on any atom is 0.212 e. The molecular weight excluding hydrogens is 288 g/mol. The van der Waals surface area contributed by atoms with Crippen LogP contribution in [0.2, 0.25) is 0 Å². The Balaban J connectivity index is 2.36. The number of phenols is 1. The fourth-order valence-corrected chi connectivity index (χ4v) is 2.72. The highest BCUT2D eigenvalue weighted by Gasteiger charge is 2.37. The van der Waals surface area contributed by atoms with Crippen LogP contribution in [0.15, 0.2) is 18.2 Å². The Morgan fingerprint density at radius 1 is 1.23 bits per heavy atom. The molecule has 1 atom stereocenters. The van der Waals surface area contributed by atoms with Crippen LogP contribution in [-0.4, -0.2) is 36.0 Å². The van der Waals surface area contributed by atoms with Crippen LogP contribution in [0.4, 0.5) is 0 Å². The van der Waals surface area contributed by atoms with Crippen molar-refractivity contribution < 1.29 is 29.2 Å². The summed E-state index contributed by atoms with van der Waals surface area (Å²) in [6.45, 7) is 1.40. The zero-order chi connectivity index (χ0) is 16.1. The third kappa shape index (κ3) is 2.12. The molecule has 22 heavy (non-hydrogen) atoms. The molecule has 1 aliphatic heterocycles. The quantitative estimate of drug-likeness (QED) is 0.885. The molecule has 2 aromatic carbocycles. The second kappa shape index (κ2) is 4.78. The van der Waals surface area contributed by atoms with Crippen LogP contribution in [0.5, 0.6) is 23.0 Å². The number of hydrogen-bond acceptors (Lipinski definition) is 6. The van der Waals surface area contributed by atoms with Crippen LogP contribution in [0.3, 0.4) is 0 Å². The van der Waals surface area contributed by atoms with E-state index < -0.39 is 5.79 Å². The minimum atomic E-state index is -1.59. The van der Waals surface area contributed by atoms with Crippen molar-refractivity contribution >= 4 is 16.6 Å². The van der Waals surface area contributed by atoms with Crippen LogP contribution in [0.1, 0.15) is 23.7 Å². The smallest absolute Gasteiger partial charge is 0.212 e. The minimum absolute atomic E-state index is 0.0579. The summed E-state index contributed by atoms with van der Waals surface area (Å²) in [5.41, 5.74) is 0.0579. The number of ether oxygens (including phenoxy) is 3. The largest absolute Gasteiger partial charge is 0.506 e. The number of ketones is 1. The number of methoxy groups -OCH3 is 2. The maximum absolute atomic E-state index is 12.2. The van der Waals surface area contributed by atoms with Crippen molar-refractivity contribution in [2.75, 3.05) is 14.2 Å². The first-order valence-corrected chi connectivity index (χ1v) is 6.72. The molecule has 1 heterocycles. The molecule has 0 saturated heterocycles. The van der Waals surface area contributed by atoms with Gasteiger partial charge in [0, 0.05) is 13.0 Å². The van der Waals surface area contributed by atoms with E-state index in [-0.39, 0.29) is 29.3 Å². The Bertz CT molecular complexity index is 778. The summed E-state index contributed by atoms with van der Waals surface area (Å²) in [5.74, 6) is -1.12. The number of Topliss-reactive ketones (excluding diaryl/α,β-unsaturated/α-hetero) is 1. The Morgan fingerprint density at radius 3 is 2.59 bits per heavy atom. The van der Waals surface area contributed by atoms with E-state index in [4.69, 9.17) is 14.2 Å². The molecule has 0 bridgehead atoms. The van der Waals surface area contributed by atoms with Gasteiger partial charge in [-0.1, -0.05) is 0 Å². The molecule has 6 nitrogen and oxygen atoms in total. The summed E-state index contributed by atoms with van der Waals surface area (Å²) in [7, 11) is 2.99. The average Bonchev–Trinajstić information content (AvgIpc) is 2.43. The molecule has 0 radical (unpaired) electrons. The Kier molecular flexibility index (Phi) is 3.14. The number of phenolic OH excluding ortho intramolecular Hbond substituents is 1. The molecule has 6 heteroatoms. The minimum Gasteiger partial charge on any atom is -0.506 e. The van der Waals surface area contributed by atoms with E-state index in [2.05, 4.69) is 0 Å². The third-order valence-corrected chi connectivity index (χ3v) is 3.67. The second-order valence-electron chi connectivity index (χ2n) is 5.40. The highest BCUT2D eigenvalue weighted by Crippen LogP contribution is 2.46. The lowest BCUT2D eigenvalue weighted by Gasteiger charge is -2.30. The molecule has 116 valence electrons. The van der Waals surface area contributed by atoms with Crippen LogP contribution in [0.25, 0.3) is 10.8 Å². The number of rotatable bonds is 2. The third-order valence-electron chi connectivity index (χ3n) is 3.67. The zero-order valence-corrected chi connectivity index (χ0v) is 12.5. The summed E-state index contributed by atoms with van der Waals surface area (Å²) in [4.78, 5) is 12.2. The van der Waals surface area contributed by atoms with Crippen molar-refractivity contribution in [1.82, 2.24) is 0 Å². The molecule has 2 N–H and O–H groups in total. The number of carbonyl (C=O) groups excluding carboxylic acids is 1. The zero-order valence-electron chi connectivity index (χ0n) is 12.5. The summed E-state index contributed by atoms with van der Waals surface area (Å²) in [6, 6.07) is 4.90. The molecule has 3 rings (SSSR count). The first-order valence-electron chi connectivity index (χ1n) is 6.72. The van der Waals surface area contributed by atoms with E-state index in [1.807, 2.05) is 0 Å². The topological polar surface area (TPSA) is 85.2 Å². The molecule has 1 aliphatic rings. The van der Waals surface area contributed by atoms with Crippen molar-refractivity contribution in [2.45, 2.75) is 19.1 Å². The van der Waals surface area contributed by atoms with Gasteiger partial charge in [-0.15, -0.1) is 0 Å². The van der Waals surface area contributed by atoms with Crippen molar-refractivity contribution in [3.63, 3.8) is 0 Å². The number of fused-ring (bicyclic) bond motifs is 2. The Labute approximate surface area is 126 Å². The Morgan fingerprint density at radius 2 is 1.95 bits per heavy atom. The van der Waals surface area contributed by atoms with Gasteiger partial charge >= 0.3 is 0 Å². The van der Waals surface area contributed by atoms with E-state index in [0.29, 0.717) is 22.3 Å². The highest BCUT2D eigenvalue weighted by molar-refractivity contribution is 6.10. The van der Waals surface area contributed by atoms with Gasteiger partial charge < -0.3 is 24.4 Å². The lowest BCUT2D eigenvalue weighted by atomic mass is 9.94. The van der Waals surface area contributed by atoms with Crippen molar-refractivity contribution in [3.8, 4) is 23.0 Å². The Hall–Kier alpha value is -2.47. The lowest BCUT2D eigenvalue weighted by molar-refractivity contribution is -0.123. The first-order chi connectivity index (χ1) is 10.4. The van der Waals surface area contributed by atoms with Gasteiger partial charge in [0.05, 0.1) is 26.0 Å². The summed E-state index contributed by atoms with van der Waals surface area (Å²) < 4.78 is 15.9. The van der Waals surface area contributed by atoms with Crippen molar-refractivity contribution in [2.24, 2.45) is 0 Å². The summed E-state index contributed by atoms with van der Waals surface area (Å²) in [6.07, 6.45) is -0.225. The van der Waals surface area contributed by atoms with Gasteiger partial charge in [-0.3, -0.25) is 4.79 Å². The predicted molar refractivity (Wildman–Crippen MR) is 78.9 cm³/mol. The monoisotopic (exact) mass is 304 g/mol. The predicted octanol–water partition coefficient (Wildman–Crippen LogP) is 2.24. The standard InChI is InChI=1S/C16H16O6/c1-16(19)7-10(17)14-12(22-16)5-8-4-9(20-2)6-11(21-3)13(8)15(14)18/h4-6,18-19H,7H2,1-3H3/t16-/m0/s1. The fraction of sp³-hybridized carbons (Fsp3) is 0.312. The SMILES string of the molecule is COc1cc(OC)c2c(O)c3c(cc2c1)O[C@](C)(O)CC3=O. The van der Waals surface area contributed by atoms with Crippen LogP contribution >= 0.6 is 0 Å². The van der Waals surface area contributed by atoms with Crippen LogP contribution in [-0.2, 0) is 0 Å². The number of carbonyl (C=O) groups is 1. The van der Waals surface area contributed by atoms with E-state index in [1.165, 1.54) is 21.1 Å². The molecule has 0 aliphatic carbocycles. The van der Waals surface area contributed by atoms with Gasteiger partial charge in [0.2, 0.25) is 5.79 Å². The summed E-state index contributed by atoms with van der Waals surface area (Å²) >= 11 is 0. The highest BCUT2D eigenvalue weighted by atomic mass is 16.6. The van der Waals surface area contributed by atoms with E-state index in [9.17, 15) is 15.0 Å². The van der Waals surface area contributed by atoms with Gasteiger partial charge in [-0.2, -0.15) is 0 Å². The molecule has 0 spiro atoms. The molecule has 0 fully saturated rings. The molecular formula is C16H16O6. The fourth-order valence-electron chi connectivity index (χ4n) is 2.72. The normalized spacial score (nSPS) is 20.5. The molecule has 0 aromatic heterocycles. The second-order valence-corrected chi connectivity index (χ2v) is 5.40. The number of aliphatic hydroxyl groups is 1. The molecule has 2 aromatic rings. The number of benzene rings is 2. The molecule has 0 amide bonds. The van der Waals surface area contributed by atoms with Crippen molar-refractivity contribution in [3.05, 3.63) is 23.8 Å². The van der Waals surface area contributed by atoms with Crippen LogP contribution in [0, 0.1) is 0 Å². The van der Waals surface area contributed by atoms with Gasteiger partial charge in [0.1, 0.15) is 28.6 Å². The molecule has 0 saturated carbocycles. The van der Waals surface area contributed by atoms with E-state index in [0.717, 1.165) is 0 Å². The molecule has 0 unspecified atom stereocenters. The van der Waals surface area contributed by atoms with E-state index in [1.54, 1.807) is 18.2 Å². The van der Waals surface area contributed by atoms with Crippen LogP contribution < -0.4 is 14.2 Å².